The molecule has 160 valence electrons. The second-order valence-electron chi connectivity index (χ2n) is 10.2. The Morgan fingerprint density at radius 2 is 1.83 bits per heavy atom. The summed E-state index contributed by atoms with van der Waals surface area (Å²) in [7, 11) is 0. The predicted molar refractivity (Wildman–Crippen MR) is 113 cm³/mol. The van der Waals surface area contributed by atoms with Crippen LogP contribution >= 0.6 is 11.8 Å². The molecule has 3 fully saturated rings. The summed E-state index contributed by atoms with van der Waals surface area (Å²) in [6, 6.07) is 0. The van der Waals surface area contributed by atoms with E-state index in [0.717, 1.165) is 38.5 Å². The Balaban J connectivity index is 1.56. The number of primary amides is 1. The molecule has 0 aromatic heterocycles. The molecule has 0 spiro atoms. The molecule has 4 aliphatic rings. The topological polar surface area (TPSA) is 97.5 Å². The highest BCUT2D eigenvalue weighted by atomic mass is 32.2. The van der Waals surface area contributed by atoms with Crippen LogP contribution in [-0.2, 0) is 14.4 Å². The Kier molecular flexibility index (Phi) is 5.26. The number of hydrogen-bond donors (Lipinski definition) is 2. The lowest BCUT2D eigenvalue weighted by atomic mass is 9.46. The Morgan fingerprint density at radius 3 is 2.55 bits per heavy atom. The van der Waals surface area contributed by atoms with E-state index in [2.05, 4.69) is 13.8 Å². The lowest BCUT2D eigenvalue weighted by Gasteiger charge is -2.58. The number of carbonyl (C=O) groups excluding carboxylic acids is 3. The SMILES string of the molecule is C[C@]12CCC(=O)C=C1CC[C@@H]1[C@H]3CC[C@](O)(C(=O)CSCC(N)=O)[C@@]3(C)CC[C@@H]12. The van der Waals surface area contributed by atoms with Crippen molar-refractivity contribution in [1.82, 2.24) is 0 Å². The summed E-state index contributed by atoms with van der Waals surface area (Å²) in [5.41, 5.74) is 4.92. The molecule has 5 nitrogen and oxygen atoms in total. The Hall–Kier alpha value is -1.14. The number of rotatable bonds is 5. The maximum absolute atomic E-state index is 13.0. The smallest absolute Gasteiger partial charge is 0.227 e. The number of fused-ring (bicyclic) bond motifs is 5. The largest absolute Gasteiger partial charge is 0.381 e. The summed E-state index contributed by atoms with van der Waals surface area (Å²) >= 11 is 1.21. The van der Waals surface area contributed by atoms with E-state index in [9.17, 15) is 19.5 Å². The lowest BCUT2D eigenvalue weighted by molar-refractivity contribution is -0.159. The first-order valence-corrected chi connectivity index (χ1v) is 12.1. The number of ketones is 2. The zero-order chi connectivity index (χ0) is 21.0. The van der Waals surface area contributed by atoms with Gasteiger partial charge in [-0.2, -0.15) is 0 Å². The average Bonchev–Trinajstić information content (AvgIpc) is 2.94. The van der Waals surface area contributed by atoms with Crippen LogP contribution in [0.3, 0.4) is 0 Å². The molecule has 0 aromatic carbocycles. The van der Waals surface area contributed by atoms with Gasteiger partial charge in [0, 0.05) is 11.8 Å². The molecule has 4 rings (SSSR count). The zero-order valence-corrected chi connectivity index (χ0v) is 18.4. The van der Waals surface area contributed by atoms with Crippen LogP contribution in [-0.4, -0.2) is 39.7 Å². The van der Waals surface area contributed by atoms with Gasteiger partial charge in [0.2, 0.25) is 5.91 Å². The van der Waals surface area contributed by atoms with Gasteiger partial charge in [-0.05, 0) is 74.2 Å². The monoisotopic (exact) mass is 419 g/mol. The highest BCUT2D eigenvalue weighted by Crippen LogP contribution is 2.67. The minimum absolute atomic E-state index is 0.0974. The molecule has 29 heavy (non-hydrogen) atoms. The fourth-order valence-corrected chi connectivity index (χ4v) is 8.12. The van der Waals surface area contributed by atoms with E-state index in [1.807, 2.05) is 6.08 Å². The highest BCUT2D eigenvalue weighted by Gasteiger charge is 2.65. The second-order valence-corrected chi connectivity index (χ2v) is 11.2. The molecule has 0 aliphatic heterocycles. The molecule has 1 amide bonds. The van der Waals surface area contributed by atoms with Crippen molar-refractivity contribution in [2.24, 2.45) is 34.3 Å². The molecule has 4 aliphatic carbocycles. The van der Waals surface area contributed by atoms with Crippen molar-refractivity contribution in [1.29, 1.82) is 0 Å². The minimum atomic E-state index is -1.30. The third kappa shape index (κ3) is 3.13. The quantitative estimate of drug-likeness (QED) is 0.714. The number of nitrogens with two attached hydrogens (primary N) is 1. The van der Waals surface area contributed by atoms with E-state index in [0.29, 0.717) is 30.6 Å². The van der Waals surface area contributed by atoms with E-state index >= 15 is 0 Å². The van der Waals surface area contributed by atoms with Gasteiger partial charge in [-0.3, -0.25) is 14.4 Å². The third-order valence-electron chi connectivity index (χ3n) is 9.05. The van der Waals surface area contributed by atoms with Gasteiger partial charge in [-0.15, -0.1) is 11.8 Å². The van der Waals surface area contributed by atoms with Gasteiger partial charge in [-0.25, -0.2) is 0 Å². The third-order valence-corrected chi connectivity index (χ3v) is 10.0. The van der Waals surface area contributed by atoms with E-state index in [-0.39, 0.29) is 28.5 Å². The molecule has 0 heterocycles. The van der Waals surface area contributed by atoms with Crippen molar-refractivity contribution in [3.05, 3.63) is 11.6 Å². The zero-order valence-electron chi connectivity index (χ0n) is 17.5. The number of Topliss-reactive ketones (excluding diaryl/α,β-unsaturated/α-hetero) is 1. The number of allylic oxidation sites excluding steroid dienone is 1. The first kappa shape index (κ1) is 21.1. The Morgan fingerprint density at radius 1 is 1.10 bits per heavy atom. The molecule has 0 saturated heterocycles. The molecule has 6 heteroatoms. The van der Waals surface area contributed by atoms with Crippen LogP contribution in [0, 0.1) is 28.6 Å². The second kappa shape index (κ2) is 7.23. The average molecular weight is 420 g/mol. The minimum Gasteiger partial charge on any atom is -0.381 e. The van der Waals surface area contributed by atoms with Gasteiger partial charge in [0.1, 0.15) is 5.60 Å². The Labute approximate surface area is 177 Å². The standard InChI is InChI=1S/C23H33NO4S/c1-21-8-5-15(25)11-14(21)3-4-16-17(21)6-9-22(2)18(16)7-10-23(22,28)19(26)12-29-13-20(24)27/h11,16-18,28H,3-10,12-13H2,1-2H3,(H2,24,27)/t16-,17-,18+,21-,22-,23-/m0/s1. The molecule has 3 saturated carbocycles. The fraction of sp³-hybridized carbons (Fsp3) is 0.783. The number of amides is 1. The van der Waals surface area contributed by atoms with Crippen molar-refractivity contribution < 1.29 is 19.5 Å². The van der Waals surface area contributed by atoms with Crippen LogP contribution < -0.4 is 5.73 Å². The predicted octanol–water partition coefficient (Wildman–Crippen LogP) is 3.04. The van der Waals surface area contributed by atoms with Crippen LogP contribution in [0.5, 0.6) is 0 Å². The summed E-state index contributed by atoms with van der Waals surface area (Å²) in [5, 5.41) is 11.6. The number of thioether (sulfide) groups is 1. The van der Waals surface area contributed by atoms with E-state index in [4.69, 9.17) is 5.73 Å². The molecule has 0 bridgehead atoms. The highest BCUT2D eigenvalue weighted by molar-refractivity contribution is 8.00. The molecule has 0 aromatic rings. The van der Waals surface area contributed by atoms with E-state index in [1.54, 1.807) is 0 Å². The normalized spacial score (nSPS) is 43.8. The van der Waals surface area contributed by atoms with E-state index < -0.39 is 16.9 Å². The van der Waals surface area contributed by atoms with Gasteiger partial charge in [-0.1, -0.05) is 19.4 Å². The van der Waals surface area contributed by atoms with Crippen molar-refractivity contribution in [2.75, 3.05) is 11.5 Å². The van der Waals surface area contributed by atoms with Gasteiger partial charge in [0.15, 0.2) is 11.6 Å². The maximum Gasteiger partial charge on any atom is 0.227 e. The van der Waals surface area contributed by atoms with E-state index in [1.165, 1.54) is 17.3 Å². The van der Waals surface area contributed by atoms with Crippen molar-refractivity contribution in [2.45, 2.75) is 70.8 Å². The van der Waals surface area contributed by atoms with Crippen LogP contribution in [0.4, 0.5) is 0 Å². The van der Waals surface area contributed by atoms with Crippen molar-refractivity contribution >= 4 is 29.2 Å². The van der Waals surface area contributed by atoms with Crippen LogP contribution in [0.2, 0.25) is 0 Å². The molecular formula is C23H33NO4S. The van der Waals surface area contributed by atoms with Crippen LogP contribution in [0.25, 0.3) is 0 Å². The van der Waals surface area contributed by atoms with Crippen molar-refractivity contribution in [3.8, 4) is 0 Å². The summed E-state index contributed by atoms with van der Waals surface area (Å²) < 4.78 is 0. The summed E-state index contributed by atoms with van der Waals surface area (Å²) in [6.45, 7) is 4.47. The summed E-state index contributed by atoms with van der Waals surface area (Å²) in [4.78, 5) is 36.0. The van der Waals surface area contributed by atoms with Gasteiger partial charge < -0.3 is 10.8 Å². The first-order chi connectivity index (χ1) is 13.6. The molecule has 3 N–H and O–H groups in total. The molecule has 0 unspecified atom stereocenters. The van der Waals surface area contributed by atoms with Gasteiger partial charge in [0.25, 0.3) is 0 Å². The van der Waals surface area contributed by atoms with Crippen LogP contribution in [0.15, 0.2) is 11.6 Å². The summed E-state index contributed by atoms with van der Waals surface area (Å²) in [5.74, 6) is 1.33. The fourth-order valence-electron chi connectivity index (χ4n) is 7.40. The maximum atomic E-state index is 13.0. The molecule has 6 atom stereocenters. The Bertz CT molecular complexity index is 779. The van der Waals surface area contributed by atoms with Gasteiger partial charge in [0.05, 0.1) is 11.5 Å². The first-order valence-electron chi connectivity index (χ1n) is 11.0. The number of hydrogen-bond acceptors (Lipinski definition) is 5. The number of carbonyl (C=O) groups is 3. The molecular weight excluding hydrogens is 386 g/mol. The van der Waals surface area contributed by atoms with Crippen LogP contribution in [0.1, 0.15) is 65.2 Å². The summed E-state index contributed by atoms with van der Waals surface area (Å²) in [6.07, 6.45) is 8.77. The van der Waals surface area contributed by atoms with Crippen molar-refractivity contribution in [3.63, 3.8) is 0 Å². The van der Waals surface area contributed by atoms with Gasteiger partial charge >= 0.3 is 0 Å². The lowest BCUT2D eigenvalue weighted by Crippen LogP contribution is -2.58. The molecule has 0 radical (unpaired) electrons. The number of aliphatic hydroxyl groups is 1.